The van der Waals surface area contributed by atoms with Gasteiger partial charge in [0.1, 0.15) is 6.29 Å². The summed E-state index contributed by atoms with van der Waals surface area (Å²) in [7, 11) is 4.04. The van der Waals surface area contributed by atoms with Crippen molar-refractivity contribution < 1.29 is 19.5 Å². The molecule has 0 spiro atoms. The van der Waals surface area contributed by atoms with Crippen molar-refractivity contribution in [3.8, 4) is 0 Å². The lowest BCUT2D eigenvalue weighted by atomic mass is 9.84. The maximum atomic E-state index is 13.7. The third-order valence-corrected chi connectivity index (χ3v) is 10.2. The first-order valence-electron chi connectivity index (χ1n) is 17.6. The second-order valence-electron chi connectivity index (χ2n) is 13.8. The number of carbonyl (C=O) groups is 3. The molecule has 0 saturated carbocycles. The molecule has 3 aromatic heterocycles. The van der Waals surface area contributed by atoms with E-state index in [0.29, 0.717) is 41.9 Å². The zero-order valence-corrected chi connectivity index (χ0v) is 30.4. The molecule has 0 fully saturated rings. The minimum atomic E-state index is -1.12. The normalized spacial score (nSPS) is 15.8. The molecule has 4 N–H and O–H groups in total. The number of allylic oxidation sites excluding steroid dienone is 1. The van der Waals surface area contributed by atoms with Gasteiger partial charge < -0.3 is 30.1 Å². The number of rotatable bonds is 13. The van der Waals surface area contributed by atoms with Crippen LogP contribution in [0.3, 0.4) is 0 Å². The molecule has 0 aromatic carbocycles. The number of H-pyrrole nitrogens is 2. The molecule has 2 unspecified atom stereocenters. The Morgan fingerprint density at radius 3 is 2.38 bits per heavy atom. The predicted molar refractivity (Wildman–Crippen MR) is 201 cm³/mol. The van der Waals surface area contributed by atoms with Gasteiger partial charge in [-0.15, -0.1) is 0 Å². The average molecular weight is 679 g/mol. The molecular weight excluding hydrogens is 628 g/mol. The van der Waals surface area contributed by atoms with E-state index < -0.39 is 5.97 Å². The quantitative estimate of drug-likeness (QED) is 0.112. The van der Waals surface area contributed by atoms with Gasteiger partial charge in [-0.2, -0.15) is 0 Å². The van der Waals surface area contributed by atoms with E-state index in [9.17, 15) is 19.5 Å². The van der Waals surface area contributed by atoms with Crippen LogP contribution in [0.15, 0.2) is 24.8 Å². The standard InChI is InChI=1S/C40H50N6O4/c1-9-26-22(3)30-19-32-24(5)28(14-13-17-47)38(44-32)29(18-36(48)41-15-11-12-16-46(7)8)39-37(40(49)50)25(6)33(45-39)21-35-27(10-2)23(4)31(43-35)20-34(26)42-30/h9,17,19-21,24,28,42-43H,1,10-16,18H2,2-8H3,(H,41,48)(H,49,50). The van der Waals surface area contributed by atoms with Crippen LogP contribution in [0.5, 0.6) is 0 Å². The highest BCUT2D eigenvalue weighted by molar-refractivity contribution is 6.24. The lowest BCUT2D eigenvalue weighted by molar-refractivity contribution is -0.130. The van der Waals surface area contributed by atoms with Crippen molar-refractivity contribution >= 4 is 57.5 Å². The van der Waals surface area contributed by atoms with Crippen LogP contribution in [0.2, 0.25) is 0 Å². The number of hydrogen-bond donors (Lipinski definition) is 4. The number of carboxylic acid groups (broad SMARTS) is 1. The molecule has 2 aliphatic rings. The molecular formula is C40H50N6O4. The van der Waals surface area contributed by atoms with E-state index in [4.69, 9.17) is 9.97 Å². The van der Waals surface area contributed by atoms with Crippen LogP contribution in [0.4, 0.5) is 0 Å². The Balaban J connectivity index is 1.87. The molecule has 10 heteroatoms. The first kappa shape index (κ1) is 36.5. The first-order valence-corrected chi connectivity index (χ1v) is 17.6. The summed E-state index contributed by atoms with van der Waals surface area (Å²) in [5.41, 5.74) is 11.0. The summed E-state index contributed by atoms with van der Waals surface area (Å²) in [5, 5.41) is 13.7. The number of fused-ring (bicyclic) bond motifs is 8. The highest BCUT2D eigenvalue weighted by Crippen LogP contribution is 2.43. The van der Waals surface area contributed by atoms with E-state index in [-0.39, 0.29) is 35.4 Å². The van der Waals surface area contributed by atoms with Crippen molar-refractivity contribution in [3.05, 3.63) is 75.4 Å². The van der Waals surface area contributed by atoms with Gasteiger partial charge in [-0.25, -0.2) is 9.78 Å². The Bertz CT molecular complexity index is 2030. The van der Waals surface area contributed by atoms with Crippen LogP contribution in [-0.2, 0) is 27.2 Å². The Hall–Kier alpha value is -4.83. The number of aryl methyl sites for hydroxylation is 3. The number of amides is 1. The highest BCUT2D eigenvalue weighted by atomic mass is 16.4. The van der Waals surface area contributed by atoms with E-state index >= 15 is 0 Å². The Morgan fingerprint density at radius 1 is 1.00 bits per heavy atom. The lowest BCUT2D eigenvalue weighted by Crippen LogP contribution is -2.28. The molecule has 0 radical (unpaired) electrons. The molecule has 50 heavy (non-hydrogen) atoms. The number of nitrogens with zero attached hydrogens (tertiary/aromatic N) is 3. The summed E-state index contributed by atoms with van der Waals surface area (Å²) in [6.07, 6.45) is 5.99. The van der Waals surface area contributed by atoms with E-state index in [0.717, 1.165) is 82.1 Å². The molecule has 1 amide bonds. The first-order chi connectivity index (χ1) is 23.9. The summed E-state index contributed by atoms with van der Waals surface area (Å²) in [5.74, 6) is -1.68. The fourth-order valence-electron chi connectivity index (χ4n) is 7.35. The summed E-state index contributed by atoms with van der Waals surface area (Å²) in [4.78, 5) is 57.8. The van der Waals surface area contributed by atoms with Crippen molar-refractivity contribution in [3.63, 3.8) is 0 Å². The van der Waals surface area contributed by atoms with Crippen molar-refractivity contribution in [1.82, 2.24) is 30.2 Å². The molecule has 5 rings (SSSR count). The molecule has 0 saturated heterocycles. The fraction of sp³-hybridized carbons (Fsp3) is 0.425. The molecule has 0 aliphatic carbocycles. The van der Waals surface area contributed by atoms with Crippen molar-refractivity contribution in [2.24, 2.45) is 0 Å². The molecule has 3 aromatic rings. The van der Waals surface area contributed by atoms with E-state index in [1.54, 1.807) is 6.92 Å². The van der Waals surface area contributed by atoms with Crippen LogP contribution in [0.1, 0.15) is 109 Å². The molecule has 2 atom stereocenters. The van der Waals surface area contributed by atoms with E-state index in [1.165, 1.54) is 0 Å². The second kappa shape index (κ2) is 15.4. The molecule has 8 bridgehead atoms. The van der Waals surface area contributed by atoms with Crippen LogP contribution in [-0.4, -0.2) is 75.3 Å². The fourth-order valence-corrected chi connectivity index (χ4v) is 7.35. The number of carboxylic acids is 1. The largest absolute Gasteiger partial charge is 0.478 e. The van der Waals surface area contributed by atoms with Crippen LogP contribution < -0.4 is 5.32 Å². The molecule has 264 valence electrons. The summed E-state index contributed by atoms with van der Waals surface area (Å²) in [6, 6.07) is 6.04. The van der Waals surface area contributed by atoms with Gasteiger partial charge in [0, 0.05) is 63.7 Å². The number of aromatic amines is 2. The van der Waals surface area contributed by atoms with Gasteiger partial charge in [-0.1, -0.05) is 26.5 Å². The van der Waals surface area contributed by atoms with Gasteiger partial charge in [0.2, 0.25) is 5.91 Å². The van der Waals surface area contributed by atoms with Crippen molar-refractivity contribution in [2.45, 2.75) is 85.0 Å². The molecule has 2 aliphatic heterocycles. The Morgan fingerprint density at radius 2 is 1.72 bits per heavy atom. The second-order valence-corrected chi connectivity index (χ2v) is 13.8. The summed E-state index contributed by atoms with van der Waals surface area (Å²) < 4.78 is 0. The third-order valence-electron chi connectivity index (χ3n) is 10.2. The summed E-state index contributed by atoms with van der Waals surface area (Å²) in [6.45, 7) is 15.6. The average Bonchev–Trinajstić information content (AvgIpc) is 3.75. The van der Waals surface area contributed by atoms with Crippen molar-refractivity contribution in [1.29, 1.82) is 0 Å². The van der Waals surface area contributed by atoms with Crippen LogP contribution >= 0.6 is 0 Å². The number of nitrogens with one attached hydrogen (secondary N) is 3. The maximum absolute atomic E-state index is 13.7. The van der Waals surface area contributed by atoms with Gasteiger partial charge in [-0.05, 0) is 108 Å². The zero-order chi connectivity index (χ0) is 36.3. The molecule has 10 nitrogen and oxygen atoms in total. The monoisotopic (exact) mass is 678 g/mol. The van der Waals surface area contributed by atoms with Gasteiger partial charge in [-0.3, -0.25) is 9.78 Å². The smallest absolute Gasteiger partial charge is 0.338 e. The topological polar surface area (TPSA) is 144 Å². The minimum Gasteiger partial charge on any atom is -0.478 e. The lowest BCUT2D eigenvalue weighted by Gasteiger charge is -2.18. The van der Waals surface area contributed by atoms with E-state index in [1.807, 2.05) is 32.3 Å². The van der Waals surface area contributed by atoms with Gasteiger partial charge in [0.15, 0.2) is 0 Å². The van der Waals surface area contributed by atoms with Gasteiger partial charge in [0.25, 0.3) is 0 Å². The Kier molecular flexibility index (Phi) is 11.2. The predicted octanol–water partition coefficient (Wildman–Crippen LogP) is 7.02. The minimum absolute atomic E-state index is 0.0597. The zero-order valence-electron chi connectivity index (χ0n) is 30.4. The summed E-state index contributed by atoms with van der Waals surface area (Å²) >= 11 is 0. The highest BCUT2D eigenvalue weighted by Gasteiger charge is 2.35. The van der Waals surface area contributed by atoms with E-state index in [2.05, 4.69) is 60.5 Å². The maximum Gasteiger partial charge on any atom is 0.338 e. The number of aromatic nitrogens is 4. The number of aliphatic carboxylic acids is 1. The SMILES string of the molecule is C=Cc1c(C)c2cc3nc(c(CC(=O)NCCCCN(C)C)c4nc(cc5[nH]c(cc1[nH]2)c(C)c5CC)C(C)=C4C(=O)O)C(CCC=O)C3C. The molecule has 5 heterocycles. The third kappa shape index (κ3) is 7.21. The number of hydrogen-bond acceptors (Lipinski definition) is 6. The van der Waals surface area contributed by atoms with Gasteiger partial charge in [0.05, 0.1) is 29.1 Å². The van der Waals surface area contributed by atoms with Crippen molar-refractivity contribution in [2.75, 3.05) is 27.2 Å². The Labute approximate surface area is 294 Å². The van der Waals surface area contributed by atoms with Gasteiger partial charge >= 0.3 is 5.97 Å². The number of unbranched alkanes of at least 4 members (excludes halogenated alkanes) is 1. The number of carbonyl (C=O) groups excluding carboxylic acids is 2. The number of aldehydes is 1. The van der Waals surface area contributed by atoms with Crippen LogP contribution in [0.25, 0.3) is 39.3 Å². The van der Waals surface area contributed by atoms with Crippen LogP contribution in [0, 0.1) is 13.8 Å².